The van der Waals surface area contributed by atoms with Gasteiger partial charge in [0.1, 0.15) is 0 Å². The number of nitrogens with one attached hydrogen (secondary N) is 1. The van der Waals surface area contributed by atoms with Crippen LogP contribution in [0.25, 0.3) is 10.4 Å². The summed E-state index contributed by atoms with van der Waals surface area (Å²) in [6.07, 6.45) is 1.18. The second-order valence-corrected chi connectivity index (χ2v) is 5.22. The highest BCUT2D eigenvalue weighted by atomic mass is 32.1. The van der Waals surface area contributed by atoms with Crippen molar-refractivity contribution in [3.05, 3.63) is 47.3 Å². The normalized spacial score (nSPS) is 12.6. The maximum Gasteiger partial charge on any atom is 0.0342 e. The molecule has 0 aliphatic carbocycles. The van der Waals surface area contributed by atoms with E-state index in [-0.39, 0.29) is 0 Å². The van der Waals surface area contributed by atoms with Gasteiger partial charge in [-0.25, -0.2) is 0 Å². The summed E-state index contributed by atoms with van der Waals surface area (Å²) in [7, 11) is 0. The first-order chi connectivity index (χ1) is 8.31. The summed E-state index contributed by atoms with van der Waals surface area (Å²) < 4.78 is 0. The lowest BCUT2D eigenvalue weighted by Crippen LogP contribution is -2.19. The molecule has 1 heterocycles. The van der Waals surface area contributed by atoms with Crippen LogP contribution < -0.4 is 5.32 Å². The molecule has 0 aliphatic heterocycles. The molecule has 0 amide bonds. The van der Waals surface area contributed by atoms with Gasteiger partial charge in [-0.05, 0) is 42.5 Å². The van der Waals surface area contributed by atoms with E-state index < -0.39 is 0 Å². The highest BCUT2D eigenvalue weighted by Gasteiger charge is 2.04. The van der Waals surface area contributed by atoms with E-state index in [1.165, 1.54) is 22.4 Å². The van der Waals surface area contributed by atoms with Gasteiger partial charge in [-0.2, -0.15) is 0 Å². The van der Waals surface area contributed by atoms with Crippen LogP contribution in [0.1, 0.15) is 31.9 Å². The average Bonchev–Trinajstić information content (AvgIpc) is 2.90. The summed E-state index contributed by atoms with van der Waals surface area (Å²) >= 11 is 1.79. The molecule has 0 spiro atoms. The topological polar surface area (TPSA) is 12.0 Å². The standard InChI is InChI=1S/C15H19NS/c1-3-10-16-12(2)13-6-8-14(9-7-13)15-5-4-11-17-15/h4-9,11-12,16H,3,10H2,1-2H3. The Balaban J connectivity index is 2.08. The summed E-state index contributed by atoms with van der Waals surface area (Å²) in [4.78, 5) is 1.34. The molecule has 0 aliphatic rings. The second kappa shape index (κ2) is 5.99. The molecule has 0 radical (unpaired) electrons. The van der Waals surface area contributed by atoms with Crippen LogP contribution in [0, 0.1) is 0 Å². The van der Waals surface area contributed by atoms with E-state index in [0.717, 1.165) is 6.54 Å². The van der Waals surface area contributed by atoms with Gasteiger partial charge >= 0.3 is 0 Å². The second-order valence-electron chi connectivity index (χ2n) is 4.28. The van der Waals surface area contributed by atoms with Crippen LogP contribution in [0.15, 0.2) is 41.8 Å². The molecule has 1 unspecified atom stereocenters. The molecule has 0 fully saturated rings. The molecular formula is C15H19NS. The van der Waals surface area contributed by atoms with E-state index in [9.17, 15) is 0 Å². The van der Waals surface area contributed by atoms with Crippen molar-refractivity contribution in [1.29, 1.82) is 0 Å². The van der Waals surface area contributed by atoms with E-state index in [2.05, 4.69) is 60.9 Å². The number of hydrogen-bond donors (Lipinski definition) is 1. The smallest absolute Gasteiger partial charge is 0.0342 e. The number of benzene rings is 1. The van der Waals surface area contributed by atoms with Crippen LogP contribution in [-0.4, -0.2) is 6.54 Å². The molecule has 90 valence electrons. The molecule has 1 aromatic heterocycles. The van der Waals surface area contributed by atoms with Crippen LogP contribution >= 0.6 is 11.3 Å². The van der Waals surface area contributed by atoms with Gasteiger partial charge in [-0.3, -0.25) is 0 Å². The fourth-order valence-electron chi connectivity index (χ4n) is 1.86. The fraction of sp³-hybridized carbons (Fsp3) is 0.333. The largest absolute Gasteiger partial charge is 0.310 e. The molecule has 0 saturated heterocycles. The zero-order valence-electron chi connectivity index (χ0n) is 10.4. The van der Waals surface area contributed by atoms with Crippen molar-refractivity contribution in [2.75, 3.05) is 6.54 Å². The van der Waals surface area contributed by atoms with Crippen molar-refractivity contribution in [2.45, 2.75) is 26.3 Å². The first kappa shape index (κ1) is 12.3. The Morgan fingerprint density at radius 1 is 1.18 bits per heavy atom. The van der Waals surface area contributed by atoms with Crippen LogP contribution in [0.4, 0.5) is 0 Å². The predicted octanol–water partition coefficient (Wildman–Crippen LogP) is 4.48. The van der Waals surface area contributed by atoms with Crippen LogP contribution in [-0.2, 0) is 0 Å². The minimum absolute atomic E-state index is 0.437. The molecule has 2 aromatic rings. The zero-order valence-corrected chi connectivity index (χ0v) is 11.3. The van der Waals surface area contributed by atoms with Gasteiger partial charge in [0, 0.05) is 10.9 Å². The lowest BCUT2D eigenvalue weighted by Gasteiger charge is -2.13. The summed E-state index contributed by atoms with van der Waals surface area (Å²) in [6, 6.07) is 13.6. The maximum atomic E-state index is 3.51. The molecule has 2 heteroatoms. The number of rotatable bonds is 5. The molecule has 17 heavy (non-hydrogen) atoms. The monoisotopic (exact) mass is 245 g/mol. The van der Waals surface area contributed by atoms with Gasteiger partial charge in [0.15, 0.2) is 0 Å². The Hall–Kier alpha value is -1.12. The summed E-state index contributed by atoms with van der Waals surface area (Å²) in [5, 5.41) is 5.63. The average molecular weight is 245 g/mol. The van der Waals surface area contributed by atoms with Crippen molar-refractivity contribution < 1.29 is 0 Å². The molecule has 1 aromatic carbocycles. The van der Waals surface area contributed by atoms with Gasteiger partial charge in [0.05, 0.1) is 0 Å². The first-order valence-electron chi connectivity index (χ1n) is 6.18. The van der Waals surface area contributed by atoms with E-state index in [1.54, 1.807) is 11.3 Å². The van der Waals surface area contributed by atoms with Crippen molar-refractivity contribution in [2.24, 2.45) is 0 Å². The van der Waals surface area contributed by atoms with E-state index in [0.29, 0.717) is 6.04 Å². The molecule has 0 saturated carbocycles. The molecule has 1 atom stereocenters. The van der Waals surface area contributed by atoms with Crippen molar-refractivity contribution in [3.8, 4) is 10.4 Å². The van der Waals surface area contributed by atoms with E-state index in [4.69, 9.17) is 0 Å². The van der Waals surface area contributed by atoms with Gasteiger partial charge < -0.3 is 5.32 Å². The lowest BCUT2D eigenvalue weighted by molar-refractivity contribution is 0.571. The highest BCUT2D eigenvalue weighted by molar-refractivity contribution is 7.13. The zero-order chi connectivity index (χ0) is 12.1. The summed E-state index contributed by atoms with van der Waals surface area (Å²) in [5.74, 6) is 0. The van der Waals surface area contributed by atoms with Crippen LogP contribution in [0.5, 0.6) is 0 Å². The van der Waals surface area contributed by atoms with Crippen molar-refractivity contribution in [3.63, 3.8) is 0 Å². The van der Waals surface area contributed by atoms with Gasteiger partial charge in [0.25, 0.3) is 0 Å². The van der Waals surface area contributed by atoms with Crippen LogP contribution in [0.2, 0.25) is 0 Å². The van der Waals surface area contributed by atoms with Gasteiger partial charge in [-0.15, -0.1) is 11.3 Å². The molecular weight excluding hydrogens is 226 g/mol. The highest BCUT2D eigenvalue weighted by Crippen LogP contribution is 2.25. The third kappa shape index (κ3) is 3.18. The minimum atomic E-state index is 0.437. The number of thiophene rings is 1. The first-order valence-corrected chi connectivity index (χ1v) is 7.06. The summed E-state index contributed by atoms with van der Waals surface area (Å²) in [5.41, 5.74) is 2.67. The SMILES string of the molecule is CCCNC(C)c1ccc(-c2cccs2)cc1. The number of hydrogen-bond acceptors (Lipinski definition) is 2. The fourth-order valence-corrected chi connectivity index (χ4v) is 2.59. The molecule has 1 nitrogen and oxygen atoms in total. The Morgan fingerprint density at radius 2 is 1.94 bits per heavy atom. The molecule has 1 N–H and O–H groups in total. The Labute approximate surface area is 108 Å². The van der Waals surface area contributed by atoms with Crippen molar-refractivity contribution in [1.82, 2.24) is 5.32 Å². The van der Waals surface area contributed by atoms with Gasteiger partial charge in [0.2, 0.25) is 0 Å². The Bertz CT molecular complexity index is 430. The molecule has 0 bridgehead atoms. The molecule has 2 rings (SSSR count). The Morgan fingerprint density at radius 3 is 2.53 bits per heavy atom. The third-order valence-electron chi connectivity index (χ3n) is 2.92. The quantitative estimate of drug-likeness (QED) is 0.819. The summed E-state index contributed by atoms with van der Waals surface area (Å²) in [6.45, 7) is 5.49. The van der Waals surface area contributed by atoms with Crippen LogP contribution in [0.3, 0.4) is 0 Å². The minimum Gasteiger partial charge on any atom is -0.310 e. The lowest BCUT2D eigenvalue weighted by atomic mass is 10.1. The van der Waals surface area contributed by atoms with E-state index in [1.807, 2.05) is 0 Å². The van der Waals surface area contributed by atoms with Crippen molar-refractivity contribution >= 4 is 11.3 Å². The third-order valence-corrected chi connectivity index (χ3v) is 3.84. The maximum absolute atomic E-state index is 3.51. The Kier molecular flexibility index (Phi) is 4.35. The predicted molar refractivity (Wildman–Crippen MR) is 76.5 cm³/mol. The van der Waals surface area contributed by atoms with Gasteiger partial charge in [-0.1, -0.05) is 37.3 Å². The van der Waals surface area contributed by atoms with E-state index >= 15 is 0 Å².